The highest BCUT2D eigenvalue weighted by molar-refractivity contribution is 8.05. The molecule has 11 heteroatoms. The Labute approximate surface area is 237 Å². The number of sulfonamides is 1. The molecule has 40 heavy (non-hydrogen) atoms. The summed E-state index contributed by atoms with van der Waals surface area (Å²) in [6.45, 7) is 18.3. The number of nitrogens with one attached hydrogen (secondary N) is 1. The van der Waals surface area contributed by atoms with Crippen LogP contribution in [0.15, 0.2) is 53.8 Å². The van der Waals surface area contributed by atoms with E-state index in [1.807, 2.05) is 19.1 Å². The molecule has 216 valence electrons. The molecule has 0 aromatic carbocycles. The number of nitrogens with zero attached hydrogens (tertiary/aromatic N) is 4. The van der Waals surface area contributed by atoms with Gasteiger partial charge in [-0.15, -0.1) is 0 Å². The standard InChI is InChI=1S/C29H40N6O4S/c1-9-10-25(30)32-21(6)40(37,38)34-28(36)23-11-12-24(33-27(23)35-16-19(4)15-29(35,7)8)22-13-20(5)31-26(14-22)39-17-18(2)3/h9-14,18-19H,1,15-17,30H2,2-8H3,(H,34,36)/b25-10-,32-21+/t19-/m0/s1. The number of allylic oxidation sites excluding steroid dienone is 2. The van der Waals surface area contributed by atoms with Crippen LogP contribution in [0.25, 0.3) is 11.3 Å². The normalized spacial score (nSPS) is 17.7. The lowest BCUT2D eigenvalue weighted by Crippen LogP contribution is -2.41. The van der Waals surface area contributed by atoms with Crippen LogP contribution < -0.4 is 20.1 Å². The molecule has 2 aromatic heterocycles. The molecule has 0 saturated carbocycles. The van der Waals surface area contributed by atoms with Crippen molar-refractivity contribution >= 4 is 26.8 Å². The smallest absolute Gasteiger partial charge is 0.277 e. The topological polar surface area (TPSA) is 140 Å². The molecule has 1 aliphatic rings. The molecule has 2 aromatic rings. The zero-order valence-corrected chi connectivity index (χ0v) is 25.2. The Morgan fingerprint density at radius 2 is 2.02 bits per heavy atom. The second-order valence-electron chi connectivity index (χ2n) is 11.2. The summed E-state index contributed by atoms with van der Waals surface area (Å²) >= 11 is 0. The van der Waals surface area contributed by atoms with E-state index in [1.54, 1.807) is 12.1 Å². The summed E-state index contributed by atoms with van der Waals surface area (Å²) in [5.41, 5.74) is 7.69. The molecule has 0 aliphatic carbocycles. The van der Waals surface area contributed by atoms with Crippen LogP contribution in [0.1, 0.15) is 64.0 Å². The Kier molecular flexibility index (Phi) is 9.40. The fourth-order valence-electron chi connectivity index (χ4n) is 4.71. The zero-order chi connectivity index (χ0) is 29.8. The van der Waals surface area contributed by atoms with E-state index in [0.29, 0.717) is 42.4 Å². The number of pyridine rings is 2. The van der Waals surface area contributed by atoms with Gasteiger partial charge in [0.05, 0.1) is 17.9 Å². The zero-order valence-electron chi connectivity index (χ0n) is 24.4. The van der Waals surface area contributed by atoms with Gasteiger partial charge < -0.3 is 15.4 Å². The number of hydrogen-bond donors (Lipinski definition) is 2. The number of carbonyl (C=O) groups excluding carboxylic acids is 1. The van der Waals surface area contributed by atoms with Crippen LogP contribution in [0.2, 0.25) is 0 Å². The van der Waals surface area contributed by atoms with Gasteiger partial charge in [0.25, 0.3) is 15.9 Å². The Bertz CT molecular complexity index is 1450. The molecule has 10 nitrogen and oxygen atoms in total. The van der Waals surface area contributed by atoms with E-state index < -0.39 is 15.9 Å². The highest BCUT2D eigenvalue weighted by atomic mass is 32.2. The third kappa shape index (κ3) is 7.47. The van der Waals surface area contributed by atoms with Gasteiger partial charge in [0.15, 0.2) is 5.04 Å². The van der Waals surface area contributed by atoms with Crippen LogP contribution in [-0.2, 0) is 10.0 Å². The second kappa shape index (κ2) is 12.2. The number of amides is 1. The molecule has 0 bridgehead atoms. The van der Waals surface area contributed by atoms with Crippen LogP contribution >= 0.6 is 0 Å². The fourth-order valence-corrected chi connectivity index (χ4v) is 5.44. The van der Waals surface area contributed by atoms with Gasteiger partial charge in [-0.1, -0.05) is 33.4 Å². The van der Waals surface area contributed by atoms with Gasteiger partial charge in [0.2, 0.25) is 5.88 Å². The minimum Gasteiger partial charge on any atom is -0.477 e. The number of carbonyl (C=O) groups is 1. The van der Waals surface area contributed by atoms with Crippen molar-refractivity contribution < 1.29 is 17.9 Å². The molecular weight excluding hydrogens is 528 g/mol. The van der Waals surface area contributed by atoms with Crippen molar-refractivity contribution in [3.63, 3.8) is 0 Å². The summed E-state index contributed by atoms with van der Waals surface area (Å²) < 4.78 is 33.8. The summed E-state index contributed by atoms with van der Waals surface area (Å²) in [6, 6.07) is 7.02. The second-order valence-corrected chi connectivity index (χ2v) is 13.0. The van der Waals surface area contributed by atoms with Gasteiger partial charge in [-0.05, 0) is 70.2 Å². The molecular formula is C29H40N6O4S. The average Bonchev–Trinajstić information content (AvgIpc) is 3.13. The molecule has 0 radical (unpaired) electrons. The van der Waals surface area contributed by atoms with Crippen LogP contribution in [0.4, 0.5) is 5.82 Å². The summed E-state index contributed by atoms with van der Waals surface area (Å²) in [5, 5.41) is -0.348. The number of hydrogen-bond acceptors (Lipinski definition) is 9. The number of aliphatic imine (C=N–C) groups is 1. The van der Waals surface area contributed by atoms with Crippen molar-refractivity contribution in [3.8, 4) is 17.1 Å². The SMILES string of the molecule is C=C/C=C(N)\N=C(/C)S(=O)(=O)NC(=O)c1ccc(-c2cc(C)nc(OCC(C)C)c2)nc1N1C[C@@H](C)CC1(C)C. The first kappa shape index (κ1) is 30.8. The summed E-state index contributed by atoms with van der Waals surface area (Å²) in [7, 11) is -4.26. The first-order valence-electron chi connectivity index (χ1n) is 13.2. The molecule has 0 spiro atoms. The lowest BCUT2D eigenvalue weighted by Gasteiger charge is -2.34. The molecule has 3 heterocycles. The van der Waals surface area contributed by atoms with Gasteiger partial charge in [-0.3, -0.25) is 4.79 Å². The maximum atomic E-state index is 13.4. The minimum absolute atomic E-state index is 0.0470. The van der Waals surface area contributed by atoms with Crippen LogP contribution in [0.3, 0.4) is 0 Å². The Morgan fingerprint density at radius 3 is 2.62 bits per heavy atom. The predicted octanol–water partition coefficient (Wildman–Crippen LogP) is 4.58. The van der Waals surface area contributed by atoms with Crippen molar-refractivity contribution in [2.45, 2.75) is 60.4 Å². The van der Waals surface area contributed by atoms with E-state index in [9.17, 15) is 13.2 Å². The Hall–Kier alpha value is -3.73. The lowest BCUT2D eigenvalue weighted by atomic mass is 9.97. The highest BCUT2D eigenvalue weighted by Gasteiger charge is 2.39. The Balaban J connectivity index is 2.07. The number of rotatable bonds is 8. The number of aryl methyl sites for hydroxylation is 1. The molecule has 3 N–H and O–H groups in total. The number of aromatic nitrogens is 2. The highest BCUT2D eigenvalue weighted by Crippen LogP contribution is 2.38. The third-order valence-corrected chi connectivity index (χ3v) is 7.75. The van der Waals surface area contributed by atoms with E-state index in [2.05, 4.69) is 60.8 Å². The molecule has 1 amide bonds. The first-order valence-corrected chi connectivity index (χ1v) is 14.7. The van der Waals surface area contributed by atoms with E-state index >= 15 is 0 Å². The maximum absolute atomic E-state index is 13.4. The van der Waals surface area contributed by atoms with Crippen molar-refractivity contribution in [1.29, 1.82) is 0 Å². The summed E-state index contributed by atoms with van der Waals surface area (Å²) in [6.07, 6.45) is 3.64. The van der Waals surface area contributed by atoms with E-state index in [0.717, 1.165) is 17.7 Å². The van der Waals surface area contributed by atoms with Crippen molar-refractivity contribution in [2.24, 2.45) is 22.6 Å². The third-order valence-electron chi connectivity index (χ3n) is 6.43. The molecule has 1 saturated heterocycles. The van der Waals surface area contributed by atoms with Crippen molar-refractivity contribution in [3.05, 3.63) is 60.1 Å². The molecule has 1 aliphatic heterocycles. The average molecular weight is 569 g/mol. The first-order chi connectivity index (χ1) is 18.6. The van der Waals surface area contributed by atoms with E-state index in [-0.39, 0.29) is 22.0 Å². The van der Waals surface area contributed by atoms with Crippen LogP contribution in [0, 0.1) is 18.8 Å². The molecule has 3 rings (SSSR count). The summed E-state index contributed by atoms with van der Waals surface area (Å²) in [5.74, 6) is 0.737. The largest absolute Gasteiger partial charge is 0.477 e. The molecule has 1 fully saturated rings. The van der Waals surface area contributed by atoms with Crippen LogP contribution in [-0.4, -0.2) is 48.0 Å². The Morgan fingerprint density at radius 1 is 1.32 bits per heavy atom. The van der Waals surface area contributed by atoms with Gasteiger partial charge >= 0.3 is 0 Å². The number of nitrogens with two attached hydrogens (primary N) is 1. The van der Waals surface area contributed by atoms with Crippen molar-refractivity contribution in [2.75, 3.05) is 18.1 Å². The van der Waals surface area contributed by atoms with Gasteiger partial charge in [0, 0.05) is 29.4 Å². The monoisotopic (exact) mass is 568 g/mol. The fraction of sp³-hybridized carbons (Fsp3) is 0.448. The number of anilines is 1. The van der Waals surface area contributed by atoms with Crippen LogP contribution in [0.5, 0.6) is 5.88 Å². The number of ether oxygens (including phenoxy) is 1. The lowest BCUT2D eigenvalue weighted by molar-refractivity contribution is 0.0982. The van der Waals surface area contributed by atoms with Gasteiger partial charge in [0.1, 0.15) is 11.6 Å². The summed E-state index contributed by atoms with van der Waals surface area (Å²) in [4.78, 5) is 28.8. The minimum atomic E-state index is -4.26. The van der Waals surface area contributed by atoms with Gasteiger partial charge in [-0.2, -0.15) is 8.42 Å². The molecule has 1 atom stereocenters. The molecule has 0 unspecified atom stereocenters. The quantitative estimate of drug-likeness (QED) is 0.268. The van der Waals surface area contributed by atoms with Crippen molar-refractivity contribution in [1.82, 2.24) is 14.7 Å². The predicted molar refractivity (Wildman–Crippen MR) is 160 cm³/mol. The maximum Gasteiger partial charge on any atom is 0.277 e. The van der Waals surface area contributed by atoms with E-state index in [4.69, 9.17) is 15.5 Å². The van der Waals surface area contributed by atoms with E-state index in [1.165, 1.54) is 19.1 Å². The van der Waals surface area contributed by atoms with Gasteiger partial charge in [-0.25, -0.2) is 19.7 Å².